The molecule has 3 unspecified atom stereocenters. The number of hydrogen-bond donors (Lipinski definition) is 1. The number of hydrogen-bond acceptors (Lipinski definition) is 1. The molecular formula is C13H17BrFN. The van der Waals surface area contributed by atoms with E-state index in [-0.39, 0.29) is 11.9 Å². The first-order chi connectivity index (χ1) is 7.63. The van der Waals surface area contributed by atoms with Crippen molar-refractivity contribution in [1.82, 2.24) is 5.32 Å². The maximum absolute atomic E-state index is 13.8. The Morgan fingerprint density at radius 1 is 1.56 bits per heavy atom. The normalized spacial score (nSPS) is 25.5. The quantitative estimate of drug-likeness (QED) is 0.885. The van der Waals surface area contributed by atoms with Gasteiger partial charge in [-0.15, -0.1) is 0 Å². The van der Waals surface area contributed by atoms with Crippen LogP contribution in [-0.2, 0) is 0 Å². The van der Waals surface area contributed by atoms with Gasteiger partial charge in [0.1, 0.15) is 5.82 Å². The van der Waals surface area contributed by atoms with E-state index in [0.29, 0.717) is 11.8 Å². The molecule has 1 nitrogen and oxygen atoms in total. The van der Waals surface area contributed by atoms with E-state index >= 15 is 0 Å². The molecule has 0 amide bonds. The van der Waals surface area contributed by atoms with Gasteiger partial charge in [0, 0.05) is 16.1 Å². The number of nitrogens with one attached hydrogen (secondary N) is 1. The third-order valence-corrected chi connectivity index (χ3v) is 3.81. The largest absolute Gasteiger partial charge is 0.310 e. The predicted molar refractivity (Wildman–Crippen MR) is 67.8 cm³/mol. The lowest BCUT2D eigenvalue weighted by atomic mass is 10.0. The topological polar surface area (TPSA) is 12.0 Å². The maximum atomic E-state index is 13.8. The number of benzene rings is 1. The van der Waals surface area contributed by atoms with Crippen molar-refractivity contribution in [2.24, 2.45) is 11.8 Å². The summed E-state index contributed by atoms with van der Waals surface area (Å²) in [6.07, 6.45) is 1.20. The summed E-state index contributed by atoms with van der Waals surface area (Å²) in [4.78, 5) is 0. The molecule has 1 aromatic rings. The van der Waals surface area contributed by atoms with Gasteiger partial charge in [-0.25, -0.2) is 4.39 Å². The molecule has 0 radical (unpaired) electrons. The molecule has 1 aliphatic rings. The number of rotatable bonds is 4. The first kappa shape index (κ1) is 12.1. The zero-order valence-corrected chi connectivity index (χ0v) is 11.2. The van der Waals surface area contributed by atoms with E-state index in [4.69, 9.17) is 0 Å². The first-order valence-electron chi connectivity index (χ1n) is 5.81. The summed E-state index contributed by atoms with van der Waals surface area (Å²) in [6, 6.07) is 5.35. The Labute approximate surface area is 105 Å². The molecule has 1 saturated carbocycles. The fraction of sp³-hybridized carbons (Fsp3) is 0.538. The molecule has 0 bridgehead atoms. The van der Waals surface area contributed by atoms with Gasteiger partial charge in [-0.1, -0.05) is 29.8 Å². The van der Waals surface area contributed by atoms with Crippen LogP contribution in [0.2, 0.25) is 0 Å². The van der Waals surface area contributed by atoms with Gasteiger partial charge in [0.2, 0.25) is 0 Å². The van der Waals surface area contributed by atoms with Crippen LogP contribution in [0.4, 0.5) is 4.39 Å². The lowest BCUT2D eigenvalue weighted by Gasteiger charge is -2.19. The van der Waals surface area contributed by atoms with E-state index in [0.717, 1.165) is 16.6 Å². The van der Waals surface area contributed by atoms with Gasteiger partial charge in [-0.3, -0.25) is 0 Å². The highest BCUT2D eigenvalue weighted by atomic mass is 79.9. The molecule has 1 aliphatic carbocycles. The Morgan fingerprint density at radius 3 is 2.81 bits per heavy atom. The minimum atomic E-state index is -0.103. The molecule has 0 spiro atoms. The van der Waals surface area contributed by atoms with Crippen molar-refractivity contribution >= 4 is 15.9 Å². The predicted octanol–water partition coefficient (Wildman–Crippen LogP) is 3.89. The van der Waals surface area contributed by atoms with Crippen LogP contribution < -0.4 is 5.32 Å². The van der Waals surface area contributed by atoms with Gasteiger partial charge in [0.05, 0.1) is 0 Å². The second-order valence-electron chi connectivity index (χ2n) is 4.58. The van der Waals surface area contributed by atoms with E-state index < -0.39 is 0 Å². The van der Waals surface area contributed by atoms with Gasteiger partial charge in [0.15, 0.2) is 0 Å². The van der Waals surface area contributed by atoms with Crippen molar-refractivity contribution in [3.05, 3.63) is 34.1 Å². The van der Waals surface area contributed by atoms with E-state index in [9.17, 15) is 4.39 Å². The molecule has 1 N–H and O–H groups in total. The summed E-state index contributed by atoms with van der Waals surface area (Å²) in [5, 5.41) is 3.40. The Hall–Kier alpha value is -0.410. The molecular weight excluding hydrogens is 269 g/mol. The summed E-state index contributed by atoms with van der Waals surface area (Å²) in [7, 11) is 0. The molecule has 0 heterocycles. The molecule has 3 heteroatoms. The van der Waals surface area contributed by atoms with Crippen LogP contribution in [0.1, 0.15) is 31.9 Å². The van der Waals surface area contributed by atoms with Crippen LogP contribution in [0.25, 0.3) is 0 Å². The smallest absolute Gasteiger partial charge is 0.128 e. The lowest BCUT2D eigenvalue weighted by molar-refractivity contribution is 0.452. The van der Waals surface area contributed by atoms with Crippen LogP contribution >= 0.6 is 15.9 Å². The highest BCUT2D eigenvalue weighted by Gasteiger charge is 2.40. The zero-order chi connectivity index (χ0) is 11.7. The number of halogens is 2. The van der Waals surface area contributed by atoms with Crippen molar-refractivity contribution < 1.29 is 4.39 Å². The van der Waals surface area contributed by atoms with Crippen LogP contribution in [0.15, 0.2) is 22.7 Å². The van der Waals surface area contributed by atoms with E-state index in [1.54, 1.807) is 6.07 Å². The van der Waals surface area contributed by atoms with Gasteiger partial charge in [-0.2, -0.15) is 0 Å². The van der Waals surface area contributed by atoms with E-state index in [2.05, 4.69) is 35.1 Å². The monoisotopic (exact) mass is 285 g/mol. The summed E-state index contributed by atoms with van der Waals surface area (Å²) < 4.78 is 14.7. The van der Waals surface area contributed by atoms with Crippen LogP contribution in [0.3, 0.4) is 0 Å². The second-order valence-corrected chi connectivity index (χ2v) is 5.49. The molecule has 3 atom stereocenters. The van der Waals surface area contributed by atoms with Crippen LogP contribution in [0.5, 0.6) is 0 Å². The van der Waals surface area contributed by atoms with E-state index in [1.165, 1.54) is 12.5 Å². The molecule has 1 aromatic carbocycles. The summed E-state index contributed by atoms with van der Waals surface area (Å²) in [6.45, 7) is 5.17. The first-order valence-corrected chi connectivity index (χ1v) is 6.61. The van der Waals surface area contributed by atoms with Crippen molar-refractivity contribution in [3.8, 4) is 0 Å². The Bertz CT molecular complexity index is 380. The minimum Gasteiger partial charge on any atom is -0.310 e. The Kier molecular flexibility index (Phi) is 3.65. The molecule has 0 saturated heterocycles. The van der Waals surface area contributed by atoms with Crippen molar-refractivity contribution in [3.63, 3.8) is 0 Å². The molecule has 0 aliphatic heterocycles. The summed E-state index contributed by atoms with van der Waals surface area (Å²) in [5.41, 5.74) is 0.797. The van der Waals surface area contributed by atoms with Gasteiger partial charge in [-0.05, 0) is 43.0 Å². The van der Waals surface area contributed by atoms with Crippen LogP contribution in [-0.4, -0.2) is 6.54 Å². The molecule has 1 fully saturated rings. The Balaban J connectivity index is 2.27. The molecule has 88 valence electrons. The van der Waals surface area contributed by atoms with Crippen LogP contribution in [0, 0.1) is 17.7 Å². The van der Waals surface area contributed by atoms with Crippen molar-refractivity contribution in [1.29, 1.82) is 0 Å². The second kappa shape index (κ2) is 4.84. The summed E-state index contributed by atoms with van der Waals surface area (Å²) >= 11 is 3.41. The van der Waals surface area contributed by atoms with Gasteiger partial charge >= 0.3 is 0 Å². The molecule has 2 rings (SSSR count). The standard InChI is InChI=1S/C13H17BrFN/c1-3-16-13(10-6-8(10)2)11-7-9(14)4-5-12(11)15/h4-5,7-8,10,13,16H,3,6H2,1-2H3. The third-order valence-electron chi connectivity index (χ3n) is 3.32. The minimum absolute atomic E-state index is 0.103. The average molecular weight is 286 g/mol. The van der Waals surface area contributed by atoms with Crippen molar-refractivity contribution in [2.75, 3.05) is 6.54 Å². The zero-order valence-electron chi connectivity index (χ0n) is 9.63. The molecule has 16 heavy (non-hydrogen) atoms. The SMILES string of the molecule is CCNC(c1cc(Br)ccc1F)C1CC1C. The fourth-order valence-corrected chi connectivity index (χ4v) is 2.66. The summed E-state index contributed by atoms with van der Waals surface area (Å²) in [5.74, 6) is 1.19. The highest BCUT2D eigenvalue weighted by molar-refractivity contribution is 9.10. The van der Waals surface area contributed by atoms with Gasteiger partial charge < -0.3 is 5.32 Å². The van der Waals surface area contributed by atoms with E-state index in [1.807, 2.05) is 6.07 Å². The average Bonchev–Trinajstić information content (AvgIpc) is 2.96. The maximum Gasteiger partial charge on any atom is 0.128 e. The van der Waals surface area contributed by atoms with Crippen molar-refractivity contribution in [2.45, 2.75) is 26.3 Å². The van der Waals surface area contributed by atoms with Gasteiger partial charge in [0.25, 0.3) is 0 Å². The fourth-order valence-electron chi connectivity index (χ4n) is 2.28. The Morgan fingerprint density at radius 2 is 2.25 bits per heavy atom. The highest BCUT2D eigenvalue weighted by Crippen LogP contribution is 2.47. The third kappa shape index (κ3) is 2.46. The lowest BCUT2D eigenvalue weighted by Crippen LogP contribution is -2.24. The molecule has 0 aromatic heterocycles.